The molecule has 0 aromatic carbocycles. The number of ether oxygens (including phenoxy) is 1. The van der Waals surface area contributed by atoms with Crippen molar-refractivity contribution in [2.75, 3.05) is 0 Å². The van der Waals surface area contributed by atoms with Crippen LogP contribution >= 0.6 is 0 Å². The van der Waals surface area contributed by atoms with E-state index in [1.165, 1.54) is 51.4 Å². The molecule has 0 aromatic rings. The average molecular weight is 359 g/mol. The lowest BCUT2D eigenvalue weighted by molar-refractivity contribution is -0.158. The quantitative estimate of drug-likeness (QED) is 0.428. The predicted octanol–water partition coefficient (Wildman–Crippen LogP) is 6.30. The molecule has 0 bridgehead atoms. The maximum atomic E-state index is 11.4. The number of carbonyl (C=O) groups excluding carboxylic acids is 1. The average Bonchev–Trinajstić information content (AvgIpc) is 2.92. The Labute approximate surface area is 160 Å². The summed E-state index contributed by atoms with van der Waals surface area (Å²) in [4.78, 5) is 11.4. The largest absolute Gasteiger partial charge is 0.463 e. The Kier molecular flexibility index (Phi) is 4.77. The van der Waals surface area contributed by atoms with E-state index in [-0.39, 0.29) is 12.1 Å². The molecule has 4 fully saturated rings. The van der Waals surface area contributed by atoms with Crippen LogP contribution in [0.15, 0.2) is 11.6 Å². The second-order valence-electron chi connectivity index (χ2n) is 10.3. The fraction of sp³-hybridized carbons (Fsp3) is 0.875. The minimum absolute atomic E-state index is 0.0954. The normalized spacial score (nSPS) is 49.2. The first-order chi connectivity index (χ1) is 12.4. The molecular formula is C24H38O2. The molecule has 0 aliphatic heterocycles. The van der Waals surface area contributed by atoms with Crippen molar-refractivity contribution < 1.29 is 9.53 Å². The van der Waals surface area contributed by atoms with E-state index < -0.39 is 0 Å². The van der Waals surface area contributed by atoms with Gasteiger partial charge >= 0.3 is 5.97 Å². The molecule has 146 valence electrons. The first-order valence-corrected chi connectivity index (χ1v) is 11.2. The maximum absolute atomic E-state index is 11.4. The van der Waals surface area contributed by atoms with E-state index in [9.17, 15) is 4.79 Å². The minimum Gasteiger partial charge on any atom is -0.463 e. The summed E-state index contributed by atoms with van der Waals surface area (Å²) in [6.07, 6.45) is 15.8. The van der Waals surface area contributed by atoms with E-state index in [0.717, 1.165) is 36.5 Å². The molecule has 0 amide bonds. The number of hydrogen-bond acceptors (Lipinski definition) is 2. The van der Waals surface area contributed by atoms with Crippen molar-refractivity contribution in [3.8, 4) is 0 Å². The Balaban J connectivity index is 1.54. The fourth-order valence-corrected chi connectivity index (χ4v) is 7.99. The molecule has 4 aliphatic carbocycles. The zero-order valence-electron chi connectivity index (χ0n) is 17.4. The van der Waals surface area contributed by atoms with Gasteiger partial charge in [0.1, 0.15) is 6.10 Å². The highest BCUT2D eigenvalue weighted by atomic mass is 16.5. The molecule has 26 heavy (non-hydrogen) atoms. The van der Waals surface area contributed by atoms with Gasteiger partial charge in [-0.15, -0.1) is 0 Å². The minimum atomic E-state index is -0.0954. The van der Waals surface area contributed by atoms with Crippen LogP contribution in [0.2, 0.25) is 0 Å². The van der Waals surface area contributed by atoms with Crippen molar-refractivity contribution in [3.05, 3.63) is 11.6 Å². The molecule has 0 aromatic heterocycles. The molecule has 2 heteroatoms. The molecule has 0 saturated heterocycles. The summed E-state index contributed by atoms with van der Waals surface area (Å²) in [6, 6.07) is 0. The first-order valence-electron chi connectivity index (χ1n) is 11.2. The topological polar surface area (TPSA) is 26.3 Å². The van der Waals surface area contributed by atoms with E-state index in [2.05, 4.69) is 26.8 Å². The van der Waals surface area contributed by atoms with Gasteiger partial charge in [-0.1, -0.05) is 32.4 Å². The molecule has 4 saturated carbocycles. The smallest absolute Gasteiger partial charge is 0.302 e. The Morgan fingerprint density at radius 3 is 2.65 bits per heavy atom. The van der Waals surface area contributed by atoms with Crippen LogP contribution in [0, 0.1) is 34.5 Å². The van der Waals surface area contributed by atoms with E-state index in [4.69, 9.17) is 4.74 Å². The third-order valence-electron chi connectivity index (χ3n) is 9.25. The SMILES string of the molecule is CC/C=C1\CC[C@H]2[C@H]3CC[C@H]4C[C@@H](OC(C)=O)CC[C@]4(C)[C@@H]3CC[C@@]12C. The van der Waals surface area contributed by atoms with Gasteiger partial charge in [0.05, 0.1) is 0 Å². The molecule has 0 unspecified atom stereocenters. The highest BCUT2D eigenvalue weighted by Gasteiger charge is 2.59. The molecule has 4 aliphatic rings. The van der Waals surface area contributed by atoms with Crippen molar-refractivity contribution in [1.82, 2.24) is 0 Å². The van der Waals surface area contributed by atoms with Gasteiger partial charge in [0.15, 0.2) is 0 Å². The van der Waals surface area contributed by atoms with Crippen LogP contribution in [0.1, 0.15) is 91.9 Å². The standard InChI is InChI=1S/C24H38O2/c1-5-6-17-8-10-21-20-9-7-18-15-19(26-16(2)25)11-13-24(18,4)22(20)12-14-23(17,21)3/h6,18-22H,5,7-15H2,1-4H3/b17-6+/t18-,19-,20+,21-,22+,23-,24-/m0/s1. The van der Waals surface area contributed by atoms with Crippen molar-refractivity contribution in [1.29, 1.82) is 0 Å². The summed E-state index contributed by atoms with van der Waals surface area (Å²) in [5.41, 5.74) is 2.77. The molecule has 0 spiro atoms. The number of rotatable bonds is 2. The summed E-state index contributed by atoms with van der Waals surface area (Å²) in [5.74, 6) is 3.42. The van der Waals surface area contributed by atoms with Crippen molar-refractivity contribution in [2.45, 2.75) is 98.0 Å². The highest BCUT2D eigenvalue weighted by Crippen LogP contribution is 2.67. The van der Waals surface area contributed by atoms with Gasteiger partial charge in [-0.05, 0) is 98.7 Å². The Bertz CT molecular complexity index is 593. The molecule has 0 heterocycles. The van der Waals surface area contributed by atoms with E-state index in [1.54, 1.807) is 12.5 Å². The fourth-order valence-electron chi connectivity index (χ4n) is 7.99. The third-order valence-corrected chi connectivity index (χ3v) is 9.25. The molecule has 4 rings (SSSR count). The lowest BCUT2D eigenvalue weighted by Crippen LogP contribution is -2.53. The third kappa shape index (κ3) is 2.78. The lowest BCUT2D eigenvalue weighted by atomic mass is 9.45. The van der Waals surface area contributed by atoms with Crippen molar-refractivity contribution >= 4 is 5.97 Å². The zero-order chi connectivity index (χ0) is 18.5. The van der Waals surface area contributed by atoms with Crippen LogP contribution in [0.25, 0.3) is 0 Å². The van der Waals surface area contributed by atoms with Crippen molar-refractivity contribution in [2.24, 2.45) is 34.5 Å². The first kappa shape index (κ1) is 18.6. The Hall–Kier alpha value is -0.790. The van der Waals surface area contributed by atoms with Gasteiger partial charge in [0, 0.05) is 6.92 Å². The van der Waals surface area contributed by atoms with Crippen LogP contribution < -0.4 is 0 Å². The number of allylic oxidation sites excluding steroid dienone is 2. The number of fused-ring (bicyclic) bond motifs is 5. The van der Waals surface area contributed by atoms with Crippen LogP contribution in [-0.4, -0.2) is 12.1 Å². The molecular weight excluding hydrogens is 320 g/mol. The monoisotopic (exact) mass is 358 g/mol. The van der Waals surface area contributed by atoms with Gasteiger partial charge < -0.3 is 4.74 Å². The van der Waals surface area contributed by atoms with Gasteiger partial charge in [-0.25, -0.2) is 0 Å². The lowest BCUT2D eigenvalue weighted by Gasteiger charge is -2.60. The Morgan fingerprint density at radius 1 is 1.12 bits per heavy atom. The van der Waals surface area contributed by atoms with Gasteiger partial charge in [0.25, 0.3) is 0 Å². The van der Waals surface area contributed by atoms with E-state index in [0.29, 0.717) is 10.8 Å². The summed E-state index contributed by atoms with van der Waals surface area (Å²) in [7, 11) is 0. The summed E-state index contributed by atoms with van der Waals surface area (Å²) in [5, 5.41) is 0. The summed E-state index contributed by atoms with van der Waals surface area (Å²) in [6.45, 7) is 9.05. The Morgan fingerprint density at radius 2 is 1.92 bits per heavy atom. The van der Waals surface area contributed by atoms with Gasteiger partial charge in [-0.3, -0.25) is 4.79 Å². The van der Waals surface area contributed by atoms with Crippen LogP contribution in [0.5, 0.6) is 0 Å². The van der Waals surface area contributed by atoms with Crippen molar-refractivity contribution in [3.63, 3.8) is 0 Å². The maximum Gasteiger partial charge on any atom is 0.302 e. The zero-order valence-corrected chi connectivity index (χ0v) is 17.4. The number of esters is 1. The van der Waals surface area contributed by atoms with Gasteiger partial charge in [-0.2, -0.15) is 0 Å². The van der Waals surface area contributed by atoms with E-state index >= 15 is 0 Å². The van der Waals surface area contributed by atoms with Crippen LogP contribution in [-0.2, 0) is 9.53 Å². The summed E-state index contributed by atoms with van der Waals surface area (Å²) < 4.78 is 5.60. The van der Waals surface area contributed by atoms with Crippen LogP contribution in [0.4, 0.5) is 0 Å². The molecule has 7 atom stereocenters. The van der Waals surface area contributed by atoms with Gasteiger partial charge in [0.2, 0.25) is 0 Å². The van der Waals surface area contributed by atoms with Crippen LogP contribution in [0.3, 0.4) is 0 Å². The molecule has 2 nitrogen and oxygen atoms in total. The predicted molar refractivity (Wildman–Crippen MR) is 106 cm³/mol. The second-order valence-corrected chi connectivity index (χ2v) is 10.3. The van der Waals surface area contributed by atoms with E-state index in [1.807, 2.05) is 0 Å². The summed E-state index contributed by atoms with van der Waals surface area (Å²) >= 11 is 0. The number of hydrogen-bond donors (Lipinski definition) is 0. The number of carbonyl (C=O) groups is 1. The molecule has 0 radical (unpaired) electrons. The molecule has 0 N–H and O–H groups in total. The highest BCUT2D eigenvalue weighted by molar-refractivity contribution is 5.66. The second kappa shape index (κ2) is 6.67.